The molecule has 0 aliphatic rings. The van der Waals surface area contributed by atoms with Crippen LogP contribution in [0.4, 0.5) is 5.69 Å². The SMILES string of the molecule is CCCCOCCOCCN=C(NCC)NCCC(=O)Nc1ccc(C)cc1Cl. The van der Waals surface area contributed by atoms with Crippen LogP contribution in [-0.2, 0) is 14.3 Å². The van der Waals surface area contributed by atoms with Gasteiger partial charge in [0.1, 0.15) is 0 Å². The lowest BCUT2D eigenvalue weighted by atomic mass is 10.2. The average molecular weight is 427 g/mol. The summed E-state index contributed by atoms with van der Waals surface area (Å²) in [6.45, 7) is 10.3. The van der Waals surface area contributed by atoms with E-state index in [-0.39, 0.29) is 5.91 Å². The Labute approximate surface area is 179 Å². The molecule has 7 nitrogen and oxygen atoms in total. The summed E-state index contributed by atoms with van der Waals surface area (Å²) in [6.07, 6.45) is 2.52. The number of aryl methyl sites for hydroxylation is 1. The molecule has 0 bridgehead atoms. The van der Waals surface area contributed by atoms with Gasteiger partial charge >= 0.3 is 0 Å². The van der Waals surface area contributed by atoms with Crippen LogP contribution in [-0.4, -0.2) is 57.9 Å². The summed E-state index contributed by atoms with van der Waals surface area (Å²) in [4.78, 5) is 16.6. The Morgan fingerprint density at radius 1 is 1.10 bits per heavy atom. The van der Waals surface area contributed by atoms with Gasteiger partial charge in [0.25, 0.3) is 0 Å². The zero-order valence-corrected chi connectivity index (χ0v) is 18.6. The van der Waals surface area contributed by atoms with Crippen molar-refractivity contribution in [2.45, 2.75) is 40.0 Å². The Bertz CT molecular complexity index is 626. The normalized spacial score (nSPS) is 11.4. The highest BCUT2D eigenvalue weighted by Crippen LogP contribution is 2.22. The topological polar surface area (TPSA) is 84.0 Å². The van der Waals surface area contributed by atoms with Gasteiger partial charge in [0.15, 0.2) is 5.96 Å². The number of halogens is 1. The molecule has 0 spiro atoms. The van der Waals surface area contributed by atoms with Gasteiger partial charge in [0.05, 0.1) is 37.1 Å². The van der Waals surface area contributed by atoms with Crippen LogP contribution in [0, 0.1) is 6.92 Å². The third kappa shape index (κ3) is 12.4. The number of anilines is 1. The second-order valence-electron chi connectivity index (χ2n) is 6.55. The quantitative estimate of drug-likeness (QED) is 0.241. The van der Waals surface area contributed by atoms with Crippen LogP contribution in [0.3, 0.4) is 0 Å². The van der Waals surface area contributed by atoms with Crippen molar-refractivity contribution >= 4 is 29.2 Å². The molecule has 1 aromatic rings. The molecule has 164 valence electrons. The van der Waals surface area contributed by atoms with Crippen LogP contribution in [0.25, 0.3) is 0 Å². The fourth-order valence-electron chi connectivity index (χ4n) is 2.36. The second-order valence-corrected chi connectivity index (χ2v) is 6.95. The molecule has 0 atom stereocenters. The molecule has 1 amide bonds. The van der Waals surface area contributed by atoms with Crippen molar-refractivity contribution in [2.24, 2.45) is 4.99 Å². The number of aliphatic imine (C=N–C) groups is 1. The van der Waals surface area contributed by atoms with E-state index < -0.39 is 0 Å². The van der Waals surface area contributed by atoms with E-state index in [4.69, 9.17) is 21.1 Å². The maximum Gasteiger partial charge on any atom is 0.226 e. The molecule has 0 heterocycles. The summed E-state index contributed by atoms with van der Waals surface area (Å²) < 4.78 is 10.9. The minimum Gasteiger partial charge on any atom is -0.379 e. The number of carbonyl (C=O) groups is 1. The van der Waals surface area contributed by atoms with Crippen LogP contribution in [0.15, 0.2) is 23.2 Å². The minimum atomic E-state index is -0.106. The molecule has 1 rings (SSSR count). The van der Waals surface area contributed by atoms with Crippen molar-refractivity contribution in [1.82, 2.24) is 10.6 Å². The molecular weight excluding hydrogens is 392 g/mol. The van der Waals surface area contributed by atoms with Gasteiger partial charge in [-0.2, -0.15) is 0 Å². The summed E-state index contributed by atoms with van der Waals surface area (Å²) >= 11 is 6.15. The van der Waals surface area contributed by atoms with Crippen LogP contribution < -0.4 is 16.0 Å². The lowest BCUT2D eigenvalue weighted by Gasteiger charge is -2.12. The van der Waals surface area contributed by atoms with Crippen molar-refractivity contribution in [3.63, 3.8) is 0 Å². The van der Waals surface area contributed by atoms with Crippen LogP contribution in [0.2, 0.25) is 5.02 Å². The van der Waals surface area contributed by atoms with E-state index in [1.165, 1.54) is 0 Å². The molecule has 0 radical (unpaired) electrons. The highest BCUT2D eigenvalue weighted by atomic mass is 35.5. The lowest BCUT2D eigenvalue weighted by Crippen LogP contribution is -2.39. The summed E-state index contributed by atoms with van der Waals surface area (Å²) in [5, 5.41) is 9.67. The number of benzene rings is 1. The molecule has 0 saturated heterocycles. The van der Waals surface area contributed by atoms with E-state index in [1.54, 1.807) is 0 Å². The van der Waals surface area contributed by atoms with Crippen molar-refractivity contribution in [2.75, 3.05) is 51.4 Å². The summed E-state index contributed by atoms with van der Waals surface area (Å²) in [7, 11) is 0. The number of rotatable bonds is 14. The number of hydrogen-bond donors (Lipinski definition) is 3. The first-order chi connectivity index (χ1) is 14.1. The van der Waals surface area contributed by atoms with E-state index in [0.717, 1.165) is 31.6 Å². The van der Waals surface area contributed by atoms with Gasteiger partial charge in [-0.1, -0.05) is 31.0 Å². The first-order valence-corrected chi connectivity index (χ1v) is 10.7. The average Bonchev–Trinajstić information content (AvgIpc) is 2.69. The number of guanidine groups is 1. The molecule has 0 unspecified atom stereocenters. The van der Waals surface area contributed by atoms with Gasteiger partial charge in [-0.3, -0.25) is 9.79 Å². The summed E-state index contributed by atoms with van der Waals surface area (Å²) in [5.41, 5.74) is 1.67. The molecule has 29 heavy (non-hydrogen) atoms. The van der Waals surface area contributed by atoms with E-state index in [0.29, 0.717) is 56.0 Å². The Hall–Kier alpha value is -1.83. The second kappa shape index (κ2) is 16.0. The smallest absolute Gasteiger partial charge is 0.226 e. The molecule has 1 aromatic carbocycles. The van der Waals surface area contributed by atoms with Crippen LogP contribution in [0.1, 0.15) is 38.7 Å². The summed E-state index contributed by atoms with van der Waals surface area (Å²) in [5.74, 6) is 0.557. The van der Waals surface area contributed by atoms with Crippen molar-refractivity contribution in [3.8, 4) is 0 Å². The van der Waals surface area contributed by atoms with Crippen molar-refractivity contribution < 1.29 is 14.3 Å². The first kappa shape index (κ1) is 25.2. The van der Waals surface area contributed by atoms with E-state index in [1.807, 2.05) is 32.0 Å². The molecule has 0 aromatic heterocycles. The Balaban J connectivity index is 2.23. The zero-order chi connectivity index (χ0) is 21.3. The highest BCUT2D eigenvalue weighted by Gasteiger charge is 2.06. The summed E-state index contributed by atoms with van der Waals surface area (Å²) in [6, 6.07) is 5.54. The maximum atomic E-state index is 12.1. The fraction of sp³-hybridized carbons (Fsp3) is 0.619. The Morgan fingerprint density at radius 2 is 1.86 bits per heavy atom. The monoisotopic (exact) mass is 426 g/mol. The fourth-order valence-corrected chi connectivity index (χ4v) is 2.64. The van der Waals surface area contributed by atoms with Gasteiger partial charge in [-0.05, 0) is 38.0 Å². The van der Waals surface area contributed by atoms with Gasteiger partial charge < -0.3 is 25.4 Å². The van der Waals surface area contributed by atoms with Gasteiger partial charge in [0, 0.05) is 26.1 Å². The number of amides is 1. The molecular formula is C21H35ClN4O3. The van der Waals surface area contributed by atoms with Crippen LogP contribution >= 0.6 is 11.6 Å². The number of nitrogens with zero attached hydrogens (tertiary/aromatic N) is 1. The lowest BCUT2D eigenvalue weighted by molar-refractivity contribution is -0.116. The molecule has 0 saturated carbocycles. The van der Waals surface area contributed by atoms with Crippen LogP contribution in [0.5, 0.6) is 0 Å². The predicted molar refractivity (Wildman–Crippen MR) is 120 cm³/mol. The third-order valence-corrected chi connectivity index (χ3v) is 4.22. The van der Waals surface area contributed by atoms with Crippen molar-refractivity contribution in [3.05, 3.63) is 28.8 Å². The molecule has 3 N–H and O–H groups in total. The molecule has 0 aliphatic carbocycles. The first-order valence-electron chi connectivity index (χ1n) is 10.3. The molecule has 0 fully saturated rings. The van der Waals surface area contributed by atoms with Crippen molar-refractivity contribution in [1.29, 1.82) is 0 Å². The van der Waals surface area contributed by atoms with Gasteiger partial charge in [-0.15, -0.1) is 0 Å². The van der Waals surface area contributed by atoms with Gasteiger partial charge in [0.2, 0.25) is 5.91 Å². The third-order valence-electron chi connectivity index (χ3n) is 3.91. The predicted octanol–water partition coefficient (Wildman–Crippen LogP) is 3.37. The number of hydrogen-bond acceptors (Lipinski definition) is 4. The Kier molecular flexibility index (Phi) is 13.9. The Morgan fingerprint density at radius 3 is 2.55 bits per heavy atom. The highest BCUT2D eigenvalue weighted by molar-refractivity contribution is 6.33. The van der Waals surface area contributed by atoms with Gasteiger partial charge in [-0.25, -0.2) is 0 Å². The standard InChI is InChI=1S/C21H35ClN4O3/c1-4-6-12-28-14-15-29-13-11-25-21(23-5-2)24-10-9-20(27)26-19-8-7-17(3)16-18(19)22/h7-8,16H,4-6,9-15H2,1-3H3,(H,26,27)(H2,23,24,25). The molecule has 0 aliphatic heterocycles. The minimum absolute atomic E-state index is 0.106. The van der Waals surface area contributed by atoms with E-state index in [2.05, 4.69) is 27.9 Å². The number of ether oxygens (including phenoxy) is 2. The largest absolute Gasteiger partial charge is 0.379 e. The van der Waals surface area contributed by atoms with E-state index >= 15 is 0 Å². The van der Waals surface area contributed by atoms with E-state index in [9.17, 15) is 4.79 Å². The molecule has 8 heteroatoms. The number of unbranched alkanes of at least 4 members (excludes halogenated alkanes) is 1. The zero-order valence-electron chi connectivity index (χ0n) is 17.9. The number of carbonyl (C=O) groups excluding carboxylic acids is 1. The number of nitrogens with one attached hydrogen (secondary N) is 3. The maximum absolute atomic E-state index is 12.1.